The standard InChI is InChI=1S/C35H39N3O7/c1-22(2)37-19-11-5-10-16-28(40)44-21-25(23-12-6-3-7-13-23)36-32(41)29-27-17-18-35(45-27)30(29)33(42)38(31(35)34(37)43)26(20-39)24-14-8-4-9-15-24/h3-9,11-15,17-18,22,25-27,29-31,39H,10,16,19-21H2,1-2H3,(H,36,41)/b11-5-/t25-,26+,27-,29+,30+,31-,35+/m0/s1. The van der Waals surface area contributed by atoms with Crippen molar-refractivity contribution in [3.8, 4) is 0 Å². The van der Waals surface area contributed by atoms with Crippen molar-refractivity contribution in [2.45, 2.75) is 62.6 Å². The van der Waals surface area contributed by atoms with Crippen molar-refractivity contribution in [1.29, 1.82) is 0 Å². The number of esters is 1. The van der Waals surface area contributed by atoms with Gasteiger partial charge in [0.05, 0.1) is 36.6 Å². The summed E-state index contributed by atoms with van der Waals surface area (Å²) < 4.78 is 12.1. The summed E-state index contributed by atoms with van der Waals surface area (Å²) in [5, 5.41) is 13.7. The van der Waals surface area contributed by atoms with Crippen LogP contribution in [0.4, 0.5) is 0 Å². The smallest absolute Gasteiger partial charge is 0.306 e. The number of hydrogen-bond donors (Lipinski definition) is 2. The molecular formula is C35H39N3O7. The van der Waals surface area contributed by atoms with E-state index in [1.807, 2.05) is 86.7 Å². The van der Waals surface area contributed by atoms with Gasteiger partial charge in [-0.3, -0.25) is 19.2 Å². The van der Waals surface area contributed by atoms with Crippen molar-refractivity contribution < 1.29 is 33.8 Å². The summed E-state index contributed by atoms with van der Waals surface area (Å²) in [6.07, 6.45) is 7.04. The fraction of sp³-hybridized carbons (Fsp3) is 0.429. The molecule has 7 atom stereocenters. The van der Waals surface area contributed by atoms with E-state index in [4.69, 9.17) is 9.47 Å². The maximum atomic E-state index is 14.7. The number of benzene rings is 2. The number of nitrogens with one attached hydrogen (secondary N) is 1. The van der Waals surface area contributed by atoms with Crippen LogP contribution in [0.15, 0.2) is 85.0 Å². The van der Waals surface area contributed by atoms with Crippen LogP contribution in [0.25, 0.3) is 0 Å². The Labute approximate surface area is 262 Å². The molecule has 6 rings (SSSR count). The van der Waals surface area contributed by atoms with Crippen LogP contribution in [0, 0.1) is 11.8 Å². The zero-order valence-electron chi connectivity index (χ0n) is 25.5. The van der Waals surface area contributed by atoms with Crippen LogP contribution < -0.4 is 5.32 Å². The minimum absolute atomic E-state index is 0.0783. The molecule has 0 radical (unpaired) electrons. The predicted molar refractivity (Wildman–Crippen MR) is 164 cm³/mol. The van der Waals surface area contributed by atoms with E-state index in [0.717, 1.165) is 5.56 Å². The zero-order chi connectivity index (χ0) is 31.7. The van der Waals surface area contributed by atoms with Crippen LogP contribution in [0.1, 0.15) is 49.9 Å². The van der Waals surface area contributed by atoms with Crippen LogP contribution in [-0.2, 0) is 28.7 Å². The largest absolute Gasteiger partial charge is 0.463 e. The number of aliphatic hydroxyl groups is 1. The molecule has 0 aromatic heterocycles. The Kier molecular flexibility index (Phi) is 8.61. The number of hydrogen-bond acceptors (Lipinski definition) is 7. The minimum Gasteiger partial charge on any atom is -0.463 e. The molecule has 2 saturated heterocycles. The fourth-order valence-corrected chi connectivity index (χ4v) is 7.19. The lowest BCUT2D eigenvalue weighted by molar-refractivity contribution is -0.151. The van der Waals surface area contributed by atoms with Gasteiger partial charge in [-0.25, -0.2) is 0 Å². The predicted octanol–water partition coefficient (Wildman–Crippen LogP) is 2.86. The number of carbonyl (C=O) groups excluding carboxylic acids is 4. The third kappa shape index (κ3) is 5.46. The normalized spacial score (nSPS) is 31.6. The van der Waals surface area contributed by atoms with Crippen LogP contribution in [-0.4, -0.2) is 82.1 Å². The van der Waals surface area contributed by atoms with Gasteiger partial charge in [0, 0.05) is 19.0 Å². The molecule has 5 bridgehead atoms. The van der Waals surface area contributed by atoms with E-state index in [-0.39, 0.29) is 31.5 Å². The average Bonchev–Trinajstić information content (AvgIpc) is 3.69. The number of likely N-dealkylation sites (tertiary alicyclic amines) is 1. The van der Waals surface area contributed by atoms with E-state index in [9.17, 15) is 24.3 Å². The molecule has 10 nitrogen and oxygen atoms in total. The van der Waals surface area contributed by atoms with Gasteiger partial charge in [0.2, 0.25) is 17.7 Å². The summed E-state index contributed by atoms with van der Waals surface area (Å²) in [6.45, 7) is 3.53. The van der Waals surface area contributed by atoms with Crippen LogP contribution in [0.2, 0.25) is 0 Å². The molecule has 0 saturated carbocycles. The van der Waals surface area contributed by atoms with Crippen molar-refractivity contribution >= 4 is 23.7 Å². The van der Waals surface area contributed by atoms with Crippen LogP contribution >= 0.6 is 0 Å². The fourth-order valence-electron chi connectivity index (χ4n) is 7.19. The first-order valence-electron chi connectivity index (χ1n) is 15.6. The third-order valence-corrected chi connectivity index (χ3v) is 9.36. The number of nitrogens with zero attached hydrogens (tertiary/aromatic N) is 2. The second-order valence-corrected chi connectivity index (χ2v) is 12.3. The first kappa shape index (κ1) is 30.7. The number of rotatable bonds is 5. The summed E-state index contributed by atoms with van der Waals surface area (Å²) in [5.74, 6) is -3.54. The lowest BCUT2D eigenvalue weighted by Crippen LogP contribution is -2.58. The number of amides is 3. The summed E-state index contributed by atoms with van der Waals surface area (Å²) in [6, 6.07) is 15.5. The highest BCUT2D eigenvalue weighted by Crippen LogP contribution is 2.57. The van der Waals surface area contributed by atoms with Crippen molar-refractivity contribution in [1.82, 2.24) is 15.1 Å². The van der Waals surface area contributed by atoms with Gasteiger partial charge in [-0.05, 0) is 31.4 Å². The monoisotopic (exact) mass is 613 g/mol. The molecule has 2 aromatic rings. The van der Waals surface area contributed by atoms with E-state index < -0.39 is 66.1 Å². The van der Waals surface area contributed by atoms with Gasteiger partial charge in [-0.1, -0.05) is 85.0 Å². The Bertz CT molecular complexity index is 1490. The van der Waals surface area contributed by atoms with E-state index in [1.54, 1.807) is 17.1 Å². The molecule has 4 aliphatic rings. The second kappa shape index (κ2) is 12.6. The first-order chi connectivity index (χ1) is 21.8. The Morgan fingerprint density at radius 1 is 0.978 bits per heavy atom. The molecule has 4 heterocycles. The first-order valence-corrected chi connectivity index (χ1v) is 15.6. The summed E-state index contributed by atoms with van der Waals surface area (Å²) in [4.78, 5) is 59.2. The number of fused-ring (bicyclic) bond motifs is 2. The lowest BCUT2D eigenvalue weighted by atomic mass is 9.74. The number of cyclic esters (lactones) is 1. The summed E-state index contributed by atoms with van der Waals surface area (Å²) in [7, 11) is 0. The molecule has 2 N–H and O–H groups in total. The molecule has 0 unspecified atom stereocenters. The van der Waals surface area contributed by atoms with Gasteiger partial charge in [-0.2, -0.15) is 0 Å². The van der Waals surface area contributed by atoms with E-state index in [0.29, 0.717) is 12.0 Å². The Balaban J connectivity index is 1.45. The second-order valence-electron chi connectivity index (χ2n) is 12.3. The average molecular weight is 614 g/mol. The van der Waals surface area contributed by atoms with Gasteiger partial charge in [0.1, 0.15) is 18.2 Å². The highest BCUT2D eigenvalue weighted by atomic mass is 16.5. The van der Waals surface area contributed by atoms with E-state index >= 15 is 0 Å². The SMILES string of the molecule is CC(C)N1C/C=C\CCC(=O)OC[C@@H](c2ccccc2)NC(=O)[C@@H]2[C@@H]3C=C[C@]4(O3)[C@H](C1=O)N([C@H](CO)c1ccccc1)C(=O)[C@@H]24. The Morgan fingerprint density at radius 2 is 1.69 bits per heavy atom. The summed E-state index contributed by atoms with van der Waals surface area (Å²) >= 11 is 0. The molecule has 4 aliphatic heterocycles. The van der Waals surface area contributed by atoms with Gasteiger partial charge in [-0.15, -0.1) is 0 Å². The summed E-state index contributed by atoms with van der Waals surface area (Å²) in [5.41, 5.74) is 0.0177. The molecule has 1 spiro atoms. The van der Waals surface area contributed by atoms with Gasteiger partial charge >= 0.3 is 5.97 Å². The van der Waals surface area contributed by atoms with Crippen molar-refractivity contribution in [3.63, 3.8) is 0 Å². The van der Waals surface area contributed by atoms with Crippen LogP contribution in [0.5, 0.6) is 0 Å². The highest BCUT2D eigenvalue weighted by Gasteiger charge is 2.74. The Morgan fingerprint density at radius 3 is 2.38 bits per heavy atom. The Hall–Kier alpha value is -4.28. The highest BCUT2D eigenvalue weighted by molar-refractivity contribution is 6.00. The zero-order valence-corrected chi connectivity index (χ0v) is 25.5. The topological polar surface area (TPSA) is 125 Å². The van der Waals surface area contributed by atoms with E-state index in [2.05, 4.69) is 5.32 Å². The number of carbonyl (C=O) groups is 4. The number of allylic oxidation sites excluding steroid dienone is 1. The third-order valence-electron chi connectivity index (χ3n) is 9.36. The quantitative estimate of drug-likeness (QED) is 0.393. The number of ether oxygens (including phenoxy) is 2. The van der Waals surface area contributed by atoms with Gasteiger partial charge < -0.3 is 29.7 Å². The molecule has 2 fully saturated rings. The van der Waals surface area contributed by atoms with Crippen molar-refractivity contribution in [2.24, 2.45) is 11.8 Å². The van der Waals surface area contributed by atoms with Crippen molar-refractivity contribution in [2.75, 3.05) is 19.8 Å². The molecule has 3 amide bonds. The van der Waals surface area contributed by atoms with Crippen LogP contribution in [0.3, 0.4) is 0 Å². The maximum absolute atomic E-state index is 14.7. The van der Waals surface area contributed by atoms with Crippen molar-refractivity contribution in [3.05, 3.63) is 96.1 Å². The minimum atomic E-state index is -1.40. The van der Waals surface area contributed by atoms with E-state index in [1.165, 1.54) is 4.90 Å². The molecule has 10 heteroatoms. The maximum Gasteiger partial charge on any atom is 0.306 e. The molecule has 0 aliphatic carbocycles. The van der Waals surface area contributed by atoms with Gasteiger partial charge in [0.25, 0.3) is 0 Å². The lowest BCUT2D eigenvalue weighted by Gasteiger charge is -2.40. The van der Waals surface area contributed by atoms with Gasteiger partial charge in [0.15, 0.2) is 0 Å². The molecule has 236 valence electrons. The molecule has 2 aromatic carbocycles. The number of aliphatic hydroxyl groups excluding tert-OH is 1. The molecule has 45 heavy (non-hydrogen) atoms. The molecular weight excluding hydrogens is 574 g/mol.